The minimum Gasteiger partial charge on any atom is -0.390 e. The molecule has 1 N–H and O–H groups in total. The molecule has 2 aromatic rings. The summed E-state index contributed by atoms with van der Waals surface area (Å²) in [6, 6.07) is 1.84. The van der Waals surface area contributed by atoms with Gasteiger partial charge in [0, 0.05) is 30.9 Å². The van der Waals surface area contributed by atoms with Crippen LogP contribution in [0.5, 0.6) is 0 Å². The van der Waals surface area contributed by atoms with E-state index in [1.165, 1.54) is 0 Å². The number of aliphatic hydroxyl groups is 1. The molecule has 3 heterocycles. The van der Waals surface area contributed by atoms with Crippen LogP contribution in [0, 0.1) is 5.41 Å². The third-order valence-corrected chi connectivity index (χ3v) is 4.52. The second kappa shape index (κ2) is 4.49. The fraction of sp³-hybridized carbons (Fsp3) is 0.643. The van der Waals surface area contributed by atoms with Gasteiger partial charge in [0.1, 0.15) is 0 Å². The van der Waals surface area contributed by atoms with Gasteiger partial charge in [0.25, 0.3) is 5.78 Å². The Labute approximate surface area is 118 Å². The molecule has 0 aliphatic carbocycles. The molecule has 0 radical (unpaired) electrons. The van der Waals surface area contributed by atoms with Crippen molar-refractivity contribution in [3.05, 3.63) is 24.3 Å². The summed E-state index contributed by atoms with van der Waals surface area (Å²) in [5.74, 6) is 1.41. The molecule has 0 bridgehead atoms. The zero-order valence-electron chi connectivity index (χ0n) is 12.2. The highest BCUT2D eigenvalue weighted by atomic mass is 16.3. The van der Waals surface area contributed by atoms with Crippen LogP contribution in [0.2, 0.25) is 0 Å². The van der Waals surface area contributed by atoms with Crippen molar-refractivity contribution in [3.8, 4) is 0 Å². The summed E-state index contributed by atoms with van der Waals surface area (Å²) in [7, 11) is 0. The fourth-order valence-corrected chi connectivity index (χ4v) is 2.70. The predicted molar refractivity (Wildman–Crippen MR) is 75.1 cm³/mol. The average molecular weight is 275 g/mol. The maximum Gasteiger partial charge on any atom is 0.252 e. The highest BCUT2D eigenvalue weighted by molar-refractivity contribution is 5.24. The Hall–Kier alpha value is -1.53. The third-order valence-electron chi connectivity index (χ3n) is 4.52. The first-order valence-corrected chi connectivity index (χ1v) is 6.98. The van der Waals surface area contributed by atoms with E-state index in [1.54, 1.807) is 10.7 Å². The molecule has 2 aromatic heterocycles. The van der Waals surface area contributed by atoms with Crippen molar-refractivity contribution in [2.24, 2.45) is 5.41 Å². The van der Waals surface area contributed by atoms with E-state index in [0.29, 0.717) is 12.3 Å². The normalized spacial score (nSPS) is 27.0. The lowest BCUT2D eigenvalue weighted by Gasteiger charge is -2.48. The van der Waals surface area contributed by atoms with Crippen molar-refractivity contribution in [2.45, 2.75) is 39.3 Å². The van der Waals surface area contributed by atoms with Gasteiger partial charge in [0.15, 0.2) is 5.82 Å². The molecule has 0 aromatic carbocycles. The maximum absolute atomic E-state index is 10.4. The lowest BCUT2D eigenvalue weighted by molar-refractivity contribution is -0.107. The van der Waals surface area contributed by atoms with E-state index in [1.807, 2.05) is 19.2 Å². The molecule has 0 spiro atoms. The smallest absolute Gasteiger partial charge is 0.252 e. The standard InChI is InChI=1S/C14H21N5O/c1-13(2)10-18(8-5-14(13,3)20)9-11-16-12-15-6-4-7-19(12)17-11/h4,6-7,20H,5,8-10H2,1-3H3/t14-/m0/s1. The van der Waals surface area contributed by atoms with Crippen molar-refractivity contribution >= 4 is 5.78 Å². The van der Waals surface area contributed by atoms with Crippen LogP contribution in [0.3, 0.4) is 0 Å². The Balaban J connectivity index is 1.75. The zero-order valence-corrected chi connectivity index (χ0v) is 12.2. The van der Waals surface area contributed by atoms with Gasteiger partial charge in [0.05, 0.1) is 12.1 Å². The summed E-state index contributed by atoms with van der Waals surface area (Å²) in [5, 5.41) is 14.9. The van der Waals surface area contributed by atoms with Crippen molar-refractivity contribution in [3.63, 3.8) is 0 Å². The quantitative estimate of drug-likeness (QED) is 0.889. The molecule has 0 amide bonds. The van der Waals surface area contributed by atoms with Crippen LogP contribution >= 0.6 is 0 Å². The van der Waals surface area contributed by atoms with Gasteiger partial charge < -0.3 is 5.11 Å². The second-order valence-corrected chi connectivity index (χ2v) is 6.51. The van der Waals surface area contributed by atoms with E-state index in [9.17, 15) is 5.11 Å². The van der Waals surface area contributed by atoms with E-state index in [2.05, 4.69) is 33.8 Å². The maximum atomic E-state index is 10.4. The minimum atomic E-state index is -0.614. The summed E-state index contributed by atoms with van der Waals surface area (Å²) in [6.07, 6.45) is 4.34. The van der Waals surface area contributed by atoms with E-state index in [0.717, 1.165) is 25.3 Å². The van der Waals surface area contributed by atoms with Crippen molar-refractivity contribution in [1.82, 2.24) is 24.5 Å². The molecule has 20 heavy (non-hydrogen) atoms. The minimum absolute atomic E-state index is 0.136. The average Bonchev–Trinajstić information content (AvgIpc) is 2.76. The molecule has 6 nitrogen and oxygen atoms in total. The van der Waals surface area contributed by atoms with Crippen molar-refractivity contribution in [1.29, 1.82) is 0 Å². The largest absolute Gasteiger partial charge is 0.390 e. The van der Waals surface area contributed by atoms with Crippen LogP contribution < -0.4 is 0 Å². The Bertz CT molecular complexity index is 586. The molecule has 0 unspecified atom stereocenters. The van der Waals surface area contributed by atoms with Crippen LogP contribution in [0.25, 0.3) is 5.78 Å². The zero-order chi connectivity index (χ0) is 14.4. The summed E-state index contributed by atoms with van der Waals surface area (Å²) in [6.45, 7) is 8.54. The number of likely N-dealkylation sites (tertiary alicyclic amines) is 1. The topological polar surface area (TPSA) is 66.6 Å². The van der Waals surface area contributed by atoms with Gasteiger partial charge in [-0.15, -0.1) is 5.10 Å². The van der Waals surface area contributed by atoms with Crippen LogP contribution in [0.15, 0.2) is 18.5 Å². The Morgan fingerprint density at radius 1 is 1.35 bits per heavy atom. The summed E-state index contributed by atoms with van der Waals surface area (Å²) in [5.41, 5.74) is -0.750. The SMILES string of the molecule is CC1(C)CN(Cc2nc3ncccn3n2)CC[C@]1(C)O. The van der Waals surface area contributed by atoms with E-state index >= 15 is 0 Å². The van der Waals surface area contributed by atoms with Gasteiger partial charge in [-0.25, -0.2) is 9.50 Å². The van der Waals surface area contributed by atoms with Crippen LogP contribution in [0.4, 0.5) is 0 Å². The van der Waals surface area contributed by atoms with E-state index < -0.39 is 5.60 Å². The highest BCUT2D eigenvalue weighted by Gasteiger charge is 2.43. The van der Waals surface area contributed by atoms with Gasteiger partial charge in [-0.05, 0) is 19.4 Å². The van der Waals surface area contributed by atoms with Crippen molar-refractivity contribution < 1.29 is 5.11 Å². The Morgan fingerprint density at radius 2 is 2.15 bits per heavy atom. The number of rotatable bonds is 2. The second-order valence-electron chi connectivity index (χ2n) is 6.51. The Morgan fingerprint density at radius 3 is 2.85 bits per heavy atom. The molecule has 1 fully saturated rings. The molecule has 1 saturated heterocycles. The van der Waals surface area contributed by atoms with E-state index in [-0.39, 0.29) is 5.41 Å². The number of nitrogens with zero attached hydrogens (tertiary/aromatic N) is 5. The first-order valence-electron chi connectivity index (χ1n) is 6.98. The summed E-state index contributed by atoms with van der Waals surface area (Å²) >= 11 is 0. The molecule has 0 saturated carbocycles. The van der Waals surface area contributed by atoms with Gasteiger partial charge in [-0.2, -0.15) is 4.98 Å². The molecule has 6 heteroatoms. The molecule has 108 valence electrons. The van der Waals surface area contributed by atoms with Crippen LogP contribution in [-0.2, 0) is 6.54 Å². The van der Waals surface area contributed by atoms with Gasteiger partial charge >= 0.3 is 0 Å². The number of aromatic nitrogens is 4. The highest BCUT2D eigenvalue weighted by Crippen LogP contribution is 2.38. The summed E-state index contributed by atoms with van der Waals surface area (Å²) < 4.78 is 1.70. The van der Waals surface area contributed by atoms with Crippen molar-refractivity contribution in [2.75, 3.05) is 13.1 Å². The van der Waals surface area contributed by atoms with Gasteiger partial charge in [0.2, 0.25) is 0 Å². The molecule has 1 aliphatic rings. The number of piperidine rings is 1. The summed E-state index contributed by atoms with van der Waals surface area (Å²) in [4.78, 5) is 10.9. The number of fused-ring (bicyclic) bond motifs is 1. The number of hydrogen-bond acceptors (Lipinski definition) is 5. The Kier molecular flexibility index (Phi) is 3.02. The third kappa shape index (κ3) is 2.29. The molecule has 3 rings (SSSR count). The lowest BCUT2D eigenvalue weighted by Crippen LogP contribution is -2.55. The van der Waals surface area contributed by atoms with Gasteiger partial charge in [-0.3, -0.25) is 4.90 Å². The first kappa shape index (κ1) is 13.5. The molecule has 1 atom stereocenters. The molecule has 1 aliphatic heterocycles. The first-order chi connectivity index (χ1) is 9.37. The van der Waals surface area contributed by atoms with Crippen LogP contribution in [0.1, 0.15) is 33.0 Å². The lowest BCUT2D eigenvalue weighted by atomic mass is 9.71. The van der Waals surface area contributed by atoms with E-state index in [4.69, 9.17) is 0 Å². The predicted octanol–water partition coefficient (Wildman–Crippen LogP) is 1.11. The molecular weight excluding hydrogens is 254 g/mol. The fourth-order valence-electron chi connectivity index (χ4n) is 2.70. The molecular formula is C14H21N5O. The van der Waals surface area contributed by atoms with Crippen LogP contribution in [-0.4, -0.2) is 48.3 Å². The monoisotopic (exact) mass is 275 g/mol. The van der Waals surface area contributed by atoms with Gasteiger partial charge in [-0.1, -0.05) is 13.8 Å². The number of hydrogen-bond donors (Lipinski definition) is 1.